The predicted molar refractivity (Wildman–Crippen MR) is 72.3 cm³/mol. The number of nitrogens with one attached hydrogen (secondary N) is 1. The lowest BCUT2D eigenvalue weighted by Gasteiger charge is -2.13. The second kappa shape index (κ2) is 7.83. The molecule has 19 heavy (non-hydrogen) atoms. The van der Waals surface area contributed by atoms with Gasteiger partial charge in [-0.05, 0) is 13.3 Å². The maximum atomic E-state index is 11.8. The standard InChI is InChI=1S/C12H18N2O4S/c1-3-5-6-8(11(17)18-4-2)19-12-13-9(15)7-10(16)14-12/h7-8H,3-6H2,1-2H3,(H2,13,14,15,16). The van der Waals surface area contributed by atoms with Gasteiger partial charge >= 0.3 is 5.97 Å². The van der Waals surface area contributed by atoms with Gasteiger partial charge in [-0.2, -0.15) is 4.98 Å². The van der Waals surface area contributed by atoms with Gasteiger partial charge in [0.15, 0.2) is 5.16 Å². The van der Waals surface area contributed by atoms with Crippen LogP contribution >= 0.6 is 11.8 Å². The van der Waals surface area contributed by atoms with Crippen LogP contribution in [-0.2, 0) is 9.53 Å². The fraction of sp³-hybridized carbons (Fsp3) is 0.583. The Bertz CT molecular complexity index is 475. The van der Waals surface area contributed by atoms with Crippen LogP contribution in [0.25, 0.3) is 0 Å². The van der Waals surface area contributed by atoms with Gasteiger partial charge in [0.25, 0.3) is 5.56 Å². The maximum Gasteiger partial charge on any atom is 0.319 e. The number of aromatic nitrogens is 2. The van der Waals surface area contributed by atoms with Crippen molar-refractivity contribution in [3.8, 4) is 5.88 Å². The van der Waals surface area contributed by atoms with Gasteiger partial charge < -0.3 is 14.8 Å². The minimum Gasteiger partial charge on any atom is -0.493 e. The maximum absolute atomic E-state index is 11.8. The third-order valence-corrected chi connectivity index (χ3v) is 3.46. The first kappa shape index (κ1) is 15.6. The van der Waals surface area contributed by atoms with Crippen LogP contribution < -0.4 is 5.56 Å². The highest BCUT2D eigenvalue weighted by molar-refractivity contribution is 8.00. The van der Waals surface area contributed by atoms with Crippen molar-refractivity contribution in [1.82, 2.24) is 9.97 Å². The van der Waals surface area contributed by atoms with Crippen molar-refractivity contribution < 1.29 is 14.6 Å². The molecule has 0 saturated heterocycles. The van der Waals surface area contributed by atoms with Crippen molar-refractivity contribution in [3.63, 3.8) is 0 Å². The Morgan fingerprint density at radius 3 is 2.89 bits per heavy atom. The quantitative estimate of drug-likeness (QED) is 0.450. The van der Waals surface area contributed by atoms with E-state index in [0.29, 0.717) is 13.0 Å². The molecule has 2 N–H and O–H groups in total. The molecule has 0 amide bonds. The molecule has 7 heteroatoms. The number of carbonyl (C=O) groups excluding carboxylic acids is 1. The van der Waals surface area contributed by atoms with Gasteiger partial charge in [0.2, 0.25) is 5.88 Å². The zero-order chi connectivity index (χ0) is 14.3. The van der Waals surface area contributed by atoms with Gasteiger partial charge in [-0.25, -0.2) is 0 Å². The number of ether oxygens (including phenoxy) is 1. The normalized spacial score (nSPS) is 12.1. The lowest BCUT2D eigenvalue weighted by Crippen LogP contribution is -2.21. The fourth-order valence-corrected chi connectivity index (χ4v) is 2.49. The highest BCUT2D eigenvalue weighted by atomic mass is 32.2. The number of nitrogens with zero attached hydrogens (tertiary/aromatic N) is 1. The molecular formula is C12H18N2O4S. The lowest BCUT2D eigenvalue weighted by molar-refractivity contribution is -0.142. The number of esters is 1. The van der Waals surface area contributed by atoms with Crippen LogP contribution in [-0.4, -0.2) is 32.9 Å². The summed E-state index contributed by atoms with van der Waals surface area (Å²) in [7, 11) is 0. The molecule has 6 nitrogen and oxygen atoms in total. The van der Waals surface area contributed by atoms with E-state index >= 15 is 0 Å². The Morgan fingerprint density at radius 2 is 2.32 bits per heavy atom. The first-order valence-electron chi connectivity index (χ1n) is 6.20. The number of hydrogen-bond donors (Lipinski definition) is 2. The van der Waals surface area contributed by atoms with E-state index in [9.17, 15) is 14.7 Å². The highest BCUT2D eigenvalue weighted by Gasteiger charge is 2.22. The SMILES string of the molecule is CCCCC(Sc1nc(O)cc(=O)[nH]1)C(=O)OCC. The molecule has 1 unspecified atom stereocenters. The minimum absolute atomic E-state index is 0.221. The van der Waals surface area contributed by atoms with Crippen LogP contribution in [0.2, 0.25) is 0 Å². The van der Waals surface area contributed by atoms with Crippen molar-refractivity contribution >= 4 is 17.7 Å². The Hall–Kier alpha value is -1.50. The summed E-state index contributed by atoms with van der Waals surface area (Å²) in [6, 6.07) is 0.982. The summed E-state index contributed by atoms with van der Waals surface area (Å²) in [5.41, 5.74) is -0.451. The fourth-order valence-electron chi connectivity index (χ4n) is 1.46. The molecule has 0 saturated carbocycles. The summed E-state index contributed by atoms with van der Waals surface area (Å²) >= 11 is 1.10. The molecule has 1 heterocycles. The van der Waals surface area contributed by atoms with Crippen LogP contribution in [0.1, 0.15) is 33.1 Å². The van der Waals surface area contributed by atoms with Crippen molar-refractivity contribution in [2.45, 2.75) is 43.5 Å². The summed E-state index contributed by atoms with van der Waals surface area (Å²) in [6.45, 7) is 4.08. The lowest BCUT2D eigenvalue weighted by atomic mass is 10.2. The monoisotopic (exact) mass is 286 g/mol. The van der Waals surface area contributed by atoms with Gasteiger partial charge in [-0.3, -0.25) is 9.59 Å². The zero-order valence-electron chi connectivity index (χ0n) is 11.0. The second-order valence-corrected chi connectivity index (χ2v) is 5.10. The van der Waals surface area contributed by atoms with Gasteiger partial charge in [-0.15, -0.1) is 0 Å². The predicted octanol–water partition coefficient (Wildman–Crippen LogP) is 1.69. The Balaban J connectivity index is 2.80. The number of carbonyl (C=O) groups is 1. The van der Waals surface area contributed by atoms with E-state index in [0.717, 1.165) is 30.7 Å². The number of hydrogen-bond acceptors (Lipinski definition) is 6. The number of thioether (sulfide) groups is 1. The summed E-state index contributed by atoms with van der Waals surface area (Å²) in [5, 5.41) is 9.06. The van der Waals surface area contributed by atoms with E-state index in [1.54, 1.807) is 6.92 Å². The van der Waals surface area contributed by atoms with Crippen LogP contribution in [0.15, 0.2) is 16.0 Å². The third kappa shape index (κ3) is 5.34. The average molecular weight is 286 g/mol. The van der Waals surface area contributed by atoms with Crippen LogP contribution in [0, 0.1) is 0 Å². The Morgan fingerprint density at radius 1 is 1.58 bits per heavy atom. The molecule has 1 rings (SSSR count). The van der Waals surface area contributed by atoms with Crippen LogP contribution in [0.4, 0.5) is 0 Å². The smallest absolute Gasteiger partial charge is 0.319 e. The molecular weight excluding hydrogens is 268 g/mol. The first-order chi connectivity index (χ1) is 9.06. The Labute approximate surface area is 115 Å². The van der Waals surface area contributed by atoms with E-state index in [1.807, 2.05) is 6.92 Å². The van der Waals surface area contributed by atoms with Crippen LogP contribution in [0.3, 0.4) is 0 Å². The molecule has 0 fully saturated rings. The van der Waals surface area contributed by atoms with Crippen molar-refractivity contribution in [3.05, 3.63) is 16.4 Å². The van der Waals surface area contributed by atoms with Crippen molar-refractivity contribution in [1.29, 1.82) is 0 Å². The number of rotatable bonds is 7. The summed E-state index contributed by atoms with van der Waals surface area (Å²) in [4.78, 5) is 29.3. The number of unbranched alkanes of at least 4 members (excludes halogenated alkanes) is 1. The van der Waals surface area contributed by atoms with Gasteiger partial charge in [0, 0.05) is 0 Å². The Kier molecular flexibility index (Phi) is 6.41. The molecule has 0 aliphatic rings. The summed E-state index contributed by atoms with van der Waals surface area (Å²) in [5.74, 6) is -0.684. The van der Waals surface area contributed by atoms with Gasteiger partial charge in [0.05, 0.1) is 12.7 Å². The van der Waals surface area contributed by atoms with E-state index < -0.39 is 10.8 Å². The summed E-state index contributed by atoms with van der Waals surface area (Å²) < 4.78 is 4.99. The van der Waals surface area contributed by atoms with E-state index in [-0.39, 0.29) is 17.0 Å². The third-order valence-electron chi connectivity index (χ3n) is 2.33. The first-order valence-corrected chi connectivity index (χ1v) is 7.08. The van der Waals surface area contributed by atoms with Gasteiger partial charge in [0.1, 0.15) is 5.25 Å². The average Bonchev–Trinajstić information content (AvgIpc) is 2.33. The largest absolute Gasteiger partial charge is 0.493 e. The topological polar surface area (TPSA) is 92.3 Å². The highest BCUT2D eigenvalue weighted by Crippen LogP contribution is 2.25. The minimum atomic E-state index is -0.451. The number of aromatic hydroxyl groups is 1. The molecule has 0 aliphatic heterocycles. The number of aromatic amines is 1. The summed E-state index contributed by atoms with van der Waals surface area (Å²) in [6.07, 6.45) is 2.47. The van der Waals surface area contributed by atoms with E-state index in [1.165, 1.54) is 0 Å². The van der Waals surface area contributed by atoms with E-state index in [2.05, 4.69) is 9.97 Å². The molecule has 0 bridgehead atoms. The molecule has 0 radical (unpaired) electrons. The molecule has 1 aromatic heterocycles. The molecule has 1 aromatic rings. The van der Waals surface area contributed by atoms with Crippen molar-refractivity contribution in [2.24, 2.45) is 0 Å². The second-order valence-electron chi connectivity index (χ2n) is 3.91. The number of H-pyrrole nitrogens is 1. The molecule has 0 aromatic carbocycles. The van der Waals surface area contributed by atoms with Crippen molar-refractivity contribution in [2.75, 3.05) is 6.61 Å². The molecule has 0 aliphatic carbocycles. The molecule has 1 atom stereocenters. The molecule has 0 spiro atoms. The van der Waals surface area contributed by atoms with Gasteiger partial charge in [-0.1, -0.05) is 31.5 Å². The molecule has 106 valence electrons. The van der Waals surface area contributed by atoms with E-state index in [4.69, 9.17) is 4.74 Å². The van der Waals surface area contributed by atoms with Crippen LogP contribution in [0.5, 0.6) is 5.88 Å². The zero-order valence-corrected chi connectivity index (χ0v) is 11.8.